The van der Waals surface area contributed by atoms with Crippen LogP contribution in [0.5, 0.6) is 0 Å². The predicted molar refractivity (Wildman–Crippen MR) is 167 cm³/mol. The fraction of sp³-hybridized carbons (Fsp3) is 0.514. The fourth-order valence-corrected chi connectivity index (χ4v) is 5.53. The second kappa shape index (κ2) is 16.0. The number of unbranched alkanes of at least 4 members (excludes halogenated alkanes) is 1. The number of amides is 2. The number of rotatable bonds is 15. The van der Waals surface area contributed by atoms with E-state index in [1.165, 1.54) is 11.1 Å². The molecule has 0 aromatic heterocycles. The first-order valence-electron chi connectivity index (χ1n) is 15.4. The topological polar surface area (TPSA) is 94.0 Å². The molecule has 41 heavy (non-hydrogen) atoms. The van der Waals surface area contributed by atoms with Gasteiger partial charge in [0, 0.05) is 25.2 Å². The zero-order valence-corrected chi connectivity index (χ0v) is 25.4. The molecule has 6 nitrogen and oxygen atoms in total. The lowest BCUT2D eigenvalue weighted by Crippen LogP contribution is -2.37. The highest BCUT2D eigenvalue weighted by molar-refractivity contribution is 5.95. The molecule has 3 N–H and O–H groups in total. The number of allylic oxidation sites excluding steroid dienone is 1. The van der Waals surface area contributed by atoms with Gasteiger partial charge in [0.25, 0.3) is 11.8 Å². The molecule has 3 rings (SSSR count). The number of aryl methyl sites for hydroxylation is 3. The molecule has 2 aromatic rings. The number of benzene rings is 2. The molecule has 0 atom stereocenters. The number of hydrogen-bond donors (Lipinski definition) is 3. The molecule has 2 aromatic carbocycles. The third-order valence-electron chi connectivity index (χ3n) is 7.79. The van der Waals surface area contributed by atoms with Crippen molar-refractivity contribution in [2.45, 2.75) is 90.9 Å². The lowest BCUT2D eigenvalue weighted by Gasteiger charge is -2.23. The standard InChI is InChI=1S/C35H48N4O2/c1-5-11-32(34(41)39-24-26(2)3)37-18-19-38-33(40)30-21-29(14-7-6-13-28-15-10-12-27(4)20-28)22-31(23-30)35(25-36)16-8-9-17-35/h10-12,15,20-23,26,37H,5-9,13-14,16-19,24H2,1-4H3,(H,38,40)(H,39,41)/b32-11+. The van der Waals surface area contributed by atoms with Crippen LogP contribution in [0.15, 0.2) is 54.2 Å². The van der Waals surface area contributed by atoms with Crippen molar-refractivity contribution in [3.63, 3.8) is 0 Å². The van der Waals surface area contributed by atoms with Gasteiger partial charge in [-0.05, 0) is 86.6 Å². The second-order valence-corrected chi connectivity index (χ2v) is 11.8. The molecule has 220 valence electrons. The van der Waals surface area contributed by atoms with Gasteiger partial charge in [-0.15, -0.1) is 0 Å². The zero-order chi connectivity index (χ0) is 29.7. The molecule has 1 aliphatic rings. The first-order chi connectivity index (χ1) is 19.8. The Hall–Kier alpha value is -3.59. The van der Waals surface area contributed by atoms with Crippen molar-refractivity contribution < 1.29 is 9.59 Å². The van der Waals surface area contributed by atoms with Gasteiger partial charge in [0.2, 0.25) is 0 Å². The van der Waals surface area contributed by atoms with Gasteiger partial charge < -0.3 is 16.0 Å². The molecule has 0 heterocycles. The average Bonchev–Trinajstić information content (AvgIpc) is 3.46. The van der Waals surface area contributed by atoms with Crippen molar-refractivity contribution in [3.8, 4) is 6.07 Å². The van der Waals surface area contributed by atoms with Gasteiger partial charge >= 0.3 is 0 Å². The molecular weight excluding hydrogens is 508 g/mol. The summed E-state index contributed by atoms with van der Waals surface area (Å²) < 4.78 is 0. The molecule has 1 aliphatic carbocycles. The highest BCUT2D eigenvalue weighted by atomic mass is 16.2. The van der Waals surface area contributed by atoms with Gasteiger partial charge in [-0.3, -0.25) is 9.59 Å². The molecule has 0 unspecified atom stereocenters. The molecular formula is C35H48N4O2. The van der Waals surface area contributed by atoms with Crippen LogP contribution < -0.4 is 16.0 Å². The summed E-state index contributed by atoms with van der Waals surface area (Å²) >= 11 is 0. The molecule has 0 spiro atoms. The summed E-state index contributed by atoms with van der Waals surface area (Å²) in [5, 5.41) is 19.3. The molecule has 1 fully saturated rings. The van der Waals surface area contributed by atoms with E-state index in [0.717, 1.165) is 68.9 Å². The Kier molecular flexibility index (Phi) is 12.5. The third kappa shape index (κ3) is 9.78. The number of nitriles is 1. The van der Waals surface area contributed by atoms with E-state index in [9.17, 15) is 14.9 Å². The SMILES string of the molecule is CC/C=C(/NCCNC(=O)c1cc(CCCCc2cccc(C)c2)cc(C2(C#N)CCCC2)c1)C(=O)NCC(C)C. The normalized spacial score (nSPS) is 14.5. The van der Waals surface area contributed by atoms with Crippen LogP contribution >= 0.6 is 0 Å². The van der Waals surface area contributed by atoms with Crippen molar-refractivity contribution in [2.24, 2.45) is 5.92 Å². The summed E-state index contributed by atoms with van der Waals surface area (Å²) in [4.78, 5) is 25.8. The van der Waals surface area contributed by atoms with E-state index < -0.39 is 5.41 Å². The van der Waals surface area contributed by atoms with E-state index in [-0.39, 0.29) is 11.8 Å². The summed E-state index contributed by atoms with van der Waals surface area (Å²) in [7, 11) is 0. The largest absolute Gasteiger partial charge is 0.379 e. The van der Waals surface area contributed by atoms with Crippen LogP contribution in [0.3, 0.4) is 0 Å². The van der Waals surface area contributed by atoms with Crippen molar-refractivity contribution in [2.75, 3.05) is 19.6 Å². The van der Waals surface area contributed by atoms with E-state index in [2.05, 4.69) is 73.1 Å². The first kappa shape index (κ1) is 31.9. The van der Waals surface area contributed by atoms with Crippen LogP contribution in [0.1, 0.15) is 98.3 Å². The monoisotopic (exact) mass is 556 g/mol. The molecule has 0 saturated heterocycles. The lowest BCUT2D eigenvalue weighted by molar-refractivity contribution is -0.118. The van der Waals surface area contributed by atoms with Crippen LogP contribution in [0.4, 0.5) is 0 Å². The third-order valence-corrected chi connectivity index (χ3v) is 7.79. The number of nitrogens with one attached hydrogen (secondary N) is 3. The van der Waals surface area contributed by atoms with E-state index >= 15 is 0 Å². The first-order valence-corrected chi connectivity index (χ1v) is 15.4. The summed E-state index contributed by atoms with van der Waals surface area (Å²) in [6, 6.07) is 17.3. The van der Waals surface area contributed by atoms with Crippen LogP contribution in [0, 0.1) is 24.2 Å². The number of carbonyl (C=O) groups is 2. The predicted octanol–water partition coefficient (Wildman–Crippen LogP) is 6.28. The Morgan fingerprint density at radius 1 is 0.976 bits per heavy atom. The molecule has 0 aliphatic heterocycles. The minimum absolute atomic E-state index is 0.120. The number of carbonyl (C=O) groups excluding carboxylic acids is 2. The van der Waals surface area contributed by atoms with Gasteiger partial charge in [-0.2, -0.15) is 5.26 Å². The fourth-order valence-electron chi connectivity index (χ4n) is 5.53. The number of nitrogens with zero attached hydrogens (tertiary/aromatic N) is 1. The zero-order valence-electron chi connectivity index (χ0n) is 25.4. The Balaban J connectivity index is 1.64. The molecule has 2 amide bonds. The lowest BCUT2D eigenvalue weighted by atomic mass is 9.78. The van der Waals surface area contributed by atoms with Gasteiger partial charge in [-0.1, -0.05) is 75.6 Å². The maximum atomic E-state index is 13.3. The summed E-state index contributed by atoms with van der Waals surface area (Å²) in [6.45, 7) is 9.68. The highest BCUT2D eigenvalue weighted by Crippen LogP contribution is 2.41. The average molecular weight is 557 g/mol. The Morgan fingerprint density at radius 2 is 1.68 bits per heavy atom. The maximum Gasteiger partial charge on any atom is 0.267 e. The van der Waals surface area contributed by atoms with Crippen molar-refractivity contribution in [3.05, 3.63) is 82.1 Å². The summed E-state index contributed by atoms with van der Waals surface area (Å²) in [5.41, 5.74) is 5.38. The van der Waals surface area contributed by atoms with Crippen LogP contribution in [-0.4, -0.2) is 31.4 Å². The molecule has 0 bridgehead atoms. The molecule has 1 saturated carbocycles. The summed E-state index contributed by atoms with van der Waals surface area (Å²) in [6.07, 6.45) is 10.4. The summed E-state index contributed by atoms with van der Waals surface area (Å²) in [5.74, 6) is 0.107. The van der Waals surface area contributed by atoms with Gasteiger partial charge in [0.15, 0.2) is 0 Å². The van der Waals surface area contributed by atoms with Crippen LogP contribution in [0.25, 0.3) is 0 Å². The van der Waals surface area contributed by atoms with Crippen molar-refractivity contribution in [1.29, 1.82) is 5.26 Å². The van der Waals surface area contributed by atoms with Gasteiger partial charge in [0.05, 0.1) is 17.2 Å². The van der Waals surface area contributed by atoms with Crippen LogP contribution in [0.2, 0.25) is 0 Å². The maximum absolute atomic E-state index is 13.3. The van der Waals surface area contributed by atoms with Gasteiger partial charge in [-0.25, -0.2) is 0 Å². The Morgan fingerprint density at radius 3 is 2.34 bits per heavy atom. The van der Waals surface area contributed by atoms with Crippen molar-refractivity contribution >= 4 is 11.8 Å². The molecule has 6 heteroatoms. The molecule has 0 radical (unpaired) electrons. The second-order valence-electron chi connectivity index (χ2n) is 11.8. The van der Waals surface area contributed by atoms with E-state index in [0.29, 0.717) is 36.8 Å². The van der Waals surface area contributed by atoms with E-state index in [4.69, 9.17) is 0 Å². The Labute approximate surface area is 247 Å². The van der Waals surface area contributed by atoms with Gasteiger partial charge in [0.1, 0.15) is 0 Å². The smallest absolute Gasteiger partial charge is 0.267 e. The minimum atomic E-state index is -0.503. The quantitative estimate of drug-likeness (QED) is 0.178. The van der Waals surface area contributed by atoms with E-state index in [1.54, 1.807) is 0 Å². The minimum Gasteiger partial charge on any atom is -0.379 e. The Bertz CT molecular complexity index is 1230. The number of hydrogen-bond acceptors (Lipinski definition) is 4. The van der Waals surface area contributed by atoms with Crippen molar-refractivity contribution in [1.82, 2.24) is 16.0 Å². The van der Waals surface area contributed by atoms with Crippen LogP contribution in [-0.2, 0) is 23.1 Å². The van der Waals surface area contributed by atoms with E-state index in [1.807, 2.05) is 25.1 Å². The highest BCUT2D eigenvalue weighted by Gasteiger charge is 2.36.